The van der Waals surface area contributed by atoms with Gasteiger partial charge in [-0.1, -0.05) is 0 Å². The number of aromatic nitrogens is 4. The Labute approximate surface area is 92.7 Å². The molecule has 1 aliphatic rings. The fraction of sp³-hybridized carbons (Fsp3) is 0.364. The third kappa shape index (κ3) is 1.08. The Morgan fingerprint density at radius 2 is 2.19 bits per heavy atom. The van der Waals surface area contributed by atoms with Crippen LogP contribution < -0.4 is 0 Å². The van der Waals surface area contributed by atoms with Crippen LogP contribution in [0.1, 0.15) is 36.2 Å². The number of fused-ring (bicyclic) bond motifs is 3. The van der Waals surface area contributed by atoms with E-state index < -0.39 is 0 Å². The quantitative estimate of drug-likeness (QED) is 0.723. The van der Waals surface area contributed by atoms with E-state index in [-0.39, 0.29) is 11.8 Å². The Bertz CT molecular complexity index is 564. The summed E-state index contributed by atoms with van der Waals surface area (Å²) in [5, 5.41) is 0. The number of carbonyl (C=O) groups excluding carboxylic acids is 1. The predicted octanol–water partition coefficient (Wildman–Crippen LogP) is 1.39. The van der Waals surface area contributed by atoms with Gasteiger partial charge in [-0.05, 0) is 13.8 Å². The van der Waals surface area contributed by atoms with E-state index in [4.69, 9.17) is 0 Å². The highest BCUT2D eigenvalue weighted by atomic mass is 16.1. The molecule has 0 spiro atoms. The van der Waals surface area contributed by atoms with Crippen molar-refractivity contribution in [1.29, 1.82) is 0 Å². The molecule has 3 heterocycles. The molecule has 0 unspecified atom stereocenters. The van der Waals surface area contributed by atoms with E-state index in [1.54, 1.807) is 12.5 Å². The molecule has 82 valence electrons. The van der Waals surface area contributed by atoms with Crippen molar-refractivity contribution in [2.75, 3.05) is 0 Å². The highest BCUT2D eigenvalue weighted by Gasteiger charge is 2.28. The predicted molar refractivity (Wildman–Crippen MR) is 57.8 cm³/mol. The lowest BCUT2D eigenvalue weighted by atomic mass is 10.1. The van der Waals surface area contributed by atoms with Gasteiger partial charge in [0.1, 0.15) is 17.3 Å². The molecule has 16 heavy (non-hydrogen) atoms. The number of hydrogen-bond acceptors (Lipinski definition) is 3. The van der Waals surface area contributed by atoms with Crippen molar-refractivity contribution in [2.45, 2.75) is 26.3 Å². The molecule has 0 radical (unpaired) electrons. The fourth-order valence-corrected chi connectivity index (χ4v) is 2.05. The molecule has 2 aromatic rings. The summed E-state index contributed by atoms with van der Waals surface area (Å²) in [7, 11) is 0. The molecule has 0 aromatic carbocycles. The van der Waals surface area contributed by atoms with E-state index in [2.05, 4.69) is 23.8 Å². The normalized spacial score (nSPS) is 14.1. The van der Waals surface area contributed by atoms with E-state index >= 15 is 0 Å². The Balaban J connectivity index is 2.31. The lowest BCUT2D eigenvalue weighted by Crippen LogP contribution is -2.21. The van der Waals surface area contributed by atoms with Crippen molar-refractivity contribution >= 4 is 5.78 Å². The van der Waals surface area contributed by atoms with Crippen LogP contribution in [0.3, 0.4) is 0 Å². The molecular weight excluding hydrogens is 204 g/mol. The van der Waals surface area contributed by atoms with Crippen molar-refractivity contribution in [3.05, 3.63) is 30.2 Å². The van der Waals surface area contributed by atoms with E-state index in [0.29, 0.717) is 12.1 Å². The average Bonchev–Trinajstić information content (AvgIpc) is 2.80. The molecular formula is C11H12N4O. The smallest absolute Gasteiger partial charge is 0.192 e. The van der Waals surface area contributed by atoms with Crippen LogP contribution in [0.2, 0.25) is 0 Å². The van der Waals surface area contributed by atoms with Crippen LogP contribution in [0, 0.1) is 0 Å². The molecule has 0 bridgehead atoms. The maximum atomic E-state index is 11.9. The van der Waals surface area contributed by atoms with E-state index in [9.17, 15) is 4.79 Å². The zero-order valence-corrected chi connectivity index (χ0v) is 9.21. The molecule has 2 aromatic heterocycles. The Morgan fingerprint density at radius 3 is 2.94 bits per heavy atom. The minimum atomic E-state index is 0.0492. The number of Topliss-reactive ketones (excluding diaryl/α,β-unsaturated/α-hetero) is 1. The number of rotatable bonds is 1. The maximum absolute atomic E-state index is 11.9. The number of hydrogen-bond donors (Lipinski definition) is 0. The standard InChI is InChI=1S/C11H12N4O/c1-7(2)15-6-13-10-8(16)5-9-12-3-4-14(9)11(10)15/h3-4,6-7H,5H2,1-2H3. The lowest BCUT2D eigenvalue weighted by Gasteiger charge is -2.18. The molecule has 5 nitrogen and oxygen atoms in total. The van der Waals surface area contributed by atoms with Gasteiger partial charge >= 0.3 is 0 Å². The maximum Gasteiger partial charge on any atom is 0.192 e. The van der Waals surface area contributed by atoms with Crippen LogP contribution in [0.4, 0.5) is 0 Å². The second-order valence-electron chi connectivity index (χ2n) is 4.23. The topological polar surface area (TPSA) is 52.7 Å². The van der Waals surface area contributed by atoms with Crippen molar-refractivity contribution < 1.29 is 4.79 Å². The number of ketones is 1. The summed E-state index contributed by atoms with van der Waals surface area (Å²) >= 11 is 0. The second-order valence-corrected chi connectivity index (χ2v) is 4.23. The zero-order chi connectivity index (χ0) is 11.3. The summed E-state index contributed by atoms with van der Waals surface area (Å²) in [4.78, 5) is 20.2. The van der Waals surface area contributed by atoms with Gasteiger partial charge in [0.25, 0.3) is 0 Å². The zero-order valence-electron chi connectivity index (χ0n) is 9.21. The van der Waals surface area contributed by atoms with Crippen LogP contribution in [0.25, 0.3) is 5.82 Å². The van der Waals surface area contributed by atoms with Gasteiger partial charge in [0.05, 0.1) is 12.7 Å². The fourth-order valence-electron chi connectivity index (χ4n) is 2.05. The third-order valence-electron chi connectivity index (χ3n) is 2.85. The molecule has 3 rings (SSSR count). The molecule has 5 heteroatoms. The van der Waals surface area contributed by atoms with Gasteiger partial charge in [-0.2, -0.15) is 0 Å². The molecule has 0 aliphatic carbocycles. The van der Waals surface area contributed by atoms with Gasteiger partial charge in [0, 0.05) is 18.4 Å². The minimum Gasteiger partial charge on any atom is -0.314 e. The number of nitrogens with zero attached hydrogens (tertiary/aromatic N) is 4. The molecule has 0 amide bonds. The van der Waals surface area contributed by atoms with Gasteiger partial charge in [0.15, 0.2) is 5.78 Å². The summed E-state index contributed by atoms with van der Waals surface area (Å²) in [6, 6.07) is 0.275. The molecule has 0 N–H and O–H groups in total. The van der Waals surface area contributed by atoms with Crippen LogP contribution in [0.15, 0.2) is 18.7 Å². The SMILES string of the molecule is CC(C)n1cnc2c1-n1ccnc1CC2=O. The van der Waals surface area contributed by atoms with Gasteiger partial charge < -0.3 is 4.57 Å². The summed E-state index contributed by atoms with van der Waals surface area (Å²) in [5.41, 5.74) is 0.555. The van der Waals surface area contributed by atoms with Gasteiger partial charge in [-0.25, -0.2) is 9.97 Å². The minimum absolute atomic E-state index is 0.0492. The van der Waals surface area contributed by atoms with Crippen molar-refractivity contribution in [3.8, 4) is 5.82 Å². The summed E-state index contributed by atoms with van der Waals surface area (Å²) in [6.07, 6.45) is 5.66. The molecule has 1 aliphatic heterocycles. The third-order valence-corrected chi connectivity index (χ3v) is 2.85. The first-order valence-electron chi connectivity index (χ1n) is 5.31. The monoisotopic (exact) mass is 216 g/mol. The number of carbonyl (C=O) groups is 1. The van der Waals surface area contributed by atoms with Gasteiger partial charge in [0.2, 0.25) is 0 Å². The van der Waals surface area contributed by atoms with Crippen molar-refractivity contribution in [1.82, 2.24) is 19.1 Å². The lowest BCUT2D eigenvalue weighted by molar-refractivity contribution is 0.0981. The first kappa shape index (κ1) is 9.33. The highest BCUT2D eigenvalue weighted by Crippen LogP contribution is 2.25. The first-order chi connectivity index (χ1) is 7.68. The molecule has 0 saturated heterocycles. The Kier molecular flexibility index (Phi) is 1.77. The summed E-state index contributed by atoms with van der Waals surface area (Å²) < 4.78 is 3.95. The van der Waals surface area contributed by atoms with E-state index in [1.165, 1.54) is 0 Å². The highest BCUT2D eigenvalue weighted by molar-refractivity contribution is 5.99. The van der Waals surface area contributed by atoms with E-state index in [0.717, 1.165) is 11.6 Å². The van der Waals surface area contributed by atoms with Crippen LogP contribution in [-0.2, 0) is 6.42 Å². The van der Waals surface area contributed by atoms with Gasteiger partial charge in [-0.3, -0.25) is 9.36 Å². The van der Waals surface area contributed by atoms with Gasteiger partial charge in [-0.15, -0.1) is 0 Å². The Morgan fingerprint density at radius 1 is 1.38 bits per heavy atom. The van der Waals surface area contributed by atoms with E-state index in [1.807, 2.05) is 15.3 Å². The van der Waals surface area contributed by atoms with Crippen LogP contribution >= 0.6 is 0 Å². The summed E-state index contributed by atoms with van der Waals surface area (Å²) in [5.74, 6) is 1.69. The molecule has 0 atom stereocenters. The van der Waals surface area contributed by atoms with Crippen molar-refractivity contribution in [2.24, 2.45) is 0 Å². The largest absolute Gasteiger partial charge is 0.314 e. The first-order valence-corrected chi connectivity index (χ1v) is 5.31. The second kappa shape index (κ2) is 3.04. The van der Waals surface area contributed by atoms with Crippen LogP contribution in [0.5, 0.6) is 0 Å². The number of imidazole rings is 2. The molecule has 0 fully saturated rings. The summed E-state index contributed by atoms with van der Waals surface area (Å²) in [6.45, 7) is 4.13. The van der Waals surface area contributed by atoms with Crippen LogP contribution in [-0.4, -0.2) is 24.9 Å². The average molecular weight is 216 g/mol. The Hall–Kier alpha value is -1.91. The van der Waals surface area contributed by atoms with Crippen molar-refractivity contribution in [3.63, 3.8) is 0 Å². The molecule has 0 saturated carbocycles.